The molecular weight excluding hydrogens is 120 g/mol. The number of amidine groups is 1. The first kappa shape index (κ1) is 6.07. The second kappa shape index (κ2) is 2.05. The van der Waals surface area contributed by atoms with E-state index in [2.05, 4.69) is 4.74 Å². The molecule has 0 aromatic heterocycles. The number of nitrogens with two attached hydrogens (primary N) is 1. The highest BCUT2D eigenvalue weighted by Crippen LogP contribution is 2.29. The van der Waals surface area contributed by atoms with Gasteiger partial charge in [0.05, 0.1) is 5.92 Å². The van der Waals surface area contributed by atoms with Crippen LogP contribution in [0.4, 0.5) is 0 Å². The Kier molecular flexibility index (Phi) is 1.38. The van der Waals surface area contributed by atoms with Crippen LogP contribution in [-0.4, -0.2) is 12.0 Å². The van der Waals surface area contributed by atoms with Crippen molar-refractivity contribution < 1.29 is 9.53 Å². The van der Waals surface area contributed by atoms with Gasteiger partial charge in [-0.3, -0.25) is 10.2 Å². The molecule has 0 amide bonds. The van der Waals surface area contributed by atoms with Crippen LogP contribution < -0.4 is 5.73 Å². The molecule has 0 aromatic carbocycles. The summed E-state index contributed by atoms with van der Waals surface area (Å²) in [4.78, 5) is 10.6. The molecule has 4 nitrogen and oxygen atoms in total. The molecule has 9 heavy (non-hydrogen) atoms. The van der Waals surface area contributed by atoms with Crippen molar-refractivity contribution in [3.63, 3.8) is 0 Å². The van der Waals surface area contributed by atoms with E-state index in [9.17, 15) is 4.79 Å². The lowest BCUT2D eigenvalue weighted by molar-refractivity contribution is -0.137. The number of carbonyl (C=O) groups excluding carboxylic acids is 1. The summed E-state index contributed by atoms with van der Waals surface area (Å²) in [7, 11) is 0. The van der Waals surface area contributed by atoms with Crippen molar-refractivity contribution in [2.24, 2.45) is 11.7 Å². The Bertz CT molecular complexity index is 151. The zero-order chi connectivity index (χ0) is 6.85. The molecule has 1 saturated carbocycles. The smallest absolute Gasteiger partial charge is 0.316 e. The number of hydrogen-bond acceptors (Lipinski definition) is 3. The van der Waals surface area contributed by atoms with Crippen LogP contribution in [0, 0.1) is 11.3 Å². The van der Waals surface area contributed by atoms with Crippen molar-refractivity contribution >= 4 is 12.0 Å². The number of hydrogen-bond donors (Lipinski definition) is 2. The van der Waals surface area contributed by atoms with Crippen molar-refractivity contribution in [2.75, 3.05) is 0 Å². The van der Waals surface area contributed by atoms with Crippen molar-refractivity contribution in [2.45, 2.75) is 12.8 Å². The van der Waals surface area contributed by atoms with E-state index in [1.807, 2.05) is 0 Å². The fraction of sp³-hybridized carbons (Fsp3) is 0.600. The zero-order valence-corrected chi connectivity index (χ0v) is 4.89. The maximum atomic E-state index is 10.6. The van der Waals surface area contributed by atoms with Crippen LogP contribution in [-0.2, 0) is 9.53 Å². The van der Waals surface area contributed by atoms with E-state index in [0.29, 0.717) is 0 Å². The molecule has 0 radical (unpaired) electrons. The molecule has 0 saturated heterocycles. The first-order valence-corrected chi connectivity index (χ1v) is 2.76. The molecule has 0 atom stereocenters. The van der Waals surface area contributed by atoms with Gasteiger partial charge < -0.3 is 10.5 Å². The minimum absolute atomic E-state index is 0.0221. The Morgan fingerprint density at radius 3 is 2.56 bits per heavy atom. The topological polar surface area (TPSA) is 76.2 Å². The first-order chi connectivity index (χ1) is 4.20. The van der Waals surface area contributed by atoms with E-state index in [4.69, 9.17) is 11.1 Å². The largest absolute Gasteiger partial charge is 0.393 e. The first-order valence-electron chi connectivity index (χ1n) is 2.76. The van der Waals surface area contributed by atoms with Crippen molar-refractivity contribution in [3.8, 4) is 0 Å². The predicted octanol–water partition coefficient (Wildman–Crippen LogP) is -0.167. The van der Waals surface area contributed by atoms with Gasteiger partial charge in [-0.25, -0.2) is 0 Å². The number of rotatable bonds is 1. The molecule has 0 unspecified atom stereocenters. The Morgan fingerprint density at radius 1 is 1.67 bits per heavy atom. The number of carbonyl (C=O) groups is 1. The lowest BCUT2D eigenvalue weighted by Crippen LogP contribution is -2.20. The average Bonchev–Trinajstić information content (AvgIpc) is 2.40. The molecule has 1 rings (SSSR count). The number of nitrogens with one attached hydrogen (secondary N) is 1. The molecule has 1 aliphatic rings. The van der Waals surface area contributed by atoms with E-state index in [1.165, 1.54) is 0 Å². The third-order valence-electron chi connectivity index (χ3n) is 1.12. The zero-order valence-electron chi connectivity index (χ0n) is 4.89. The molecule has 0 heterocycles. The summed E-state index contributed by atoms with van der Waals surface area (Å²) >= 11 is 0. The lowest BCUT2D eigenvalue weighted by atomic mass is 10.4. The van der Waals surface area contributed by atoms with Crippen LogP contribution in [0.1, 0.15) is 12.8 Å². The summed E-state index contributed by atoms with van der Waals surface area (Å²) in [6, 6.07) is -0.507. The van der Waals surface area contributed by atoms with Crippen molar-refractivity contribution in [3.05, 3.63) is 0 Å². The van der Waals surface area contributed by atoms with E-state index >= 15 is 0 Å². The van der Waals surface area contributed by atoms with Gasteiger partial charge in [0.15, 0.2) is 0 Å². The molecule has 4 heteroatoms. The van der Waals surface area contributed by atoms with Crippen molar-refractivity contribution in [1.82, 2.24) is 0 Å². The van der Waals surface area contributed by atoms with E-state index < -0.39 is 6.02 Å². The fourth-order valence-corrected chi connectivity index (χ4v) is 0.511. The molecule has 3 N–H and O–H groups in total. The molecule has 0 bridgehead atoms. The van der Waals surface area contributed by atoms with Gasteiger partial charge in [0.1, 0.15) is 0 Å². The summed E-state index contributed by atoms with van der Waals surface area (Å²) in [6.45, 7) is 0. The molecule has 50 valence electrons. The highest BCUT2D eigenvalue weighted by atomic mass is 16.6. The third kappa shape index (κ3) is 1.71. The van der Waals surface area contributed by atoms with Gasteiger partial charge in [-0.15, -0.1) is 0 Å². The summed E-state index contributed by atoms with van der Waals surface area (Å²) < 4.78 is 4.30. The third-order valence-corrected chi connectivity index (χ3v) is 1.12. The Hall–Kier alpha value is -1.06. The van der Waals surface area contributed by atoms with Crippen LogP contribution in [0.15, 0.2) is 0 Å². The van der Waals surface area contributed by atoms with Gasteiger partial charge >= 0.3 is 5.97 Å². The van der Waals surface area contributed by atoms with Crippen LogP contribution in [0.3, 0.4) is 0 Å². The standard InChI is InChI=1S/C5H8N2O2/c6-5(7)9-4(8)3-1-2-3/h3H,1-2H2,(H3,6,7). The quantitative estimate of drug-likeness (QED) is 0.292. The van der Waals surface area contributed by atoms with E-state index in [0.717, 1.165) is 12.8 Å². The summed E-state index contributed by atoms with van der Waals surface area (Å²) in [5.74, 6) is -0.337. The maximum Gasteiger partial charge on any atom is 0.316 e. The normalized spacial score (nSPS) is 16.9. The molecule has 0 aromatic rings. The van der Waals surface area contributed by atoms with Gasteiger partial charge in [-0.05, 0) is 12.8 Å². The molecule has 0 aliphatic heterocycles. The maximum absolute atomic E-state index is 10.6. The van der Waals surface area contributed by atoms with Crippen LogP contribution >= 0.6 is 0 Å². The minimum Gasteiger partial charge on any atom is -0.393 e. The van der Waals surface area contributed by atoms with E-state index in [-0.39, 0.29) is 11.9 Å². The fourth-order valence-electron chi connectivity index (χ4n) is 0.511. The SMILES string of the molecule is N=C(N)OC(=O)C1CC1. The molecule has 1 aliphatic carbocycles. The Morgan fingerprint density at radius 2 is 2.22 bits per heavy atom. The van der Waals surface area contributed by atoms with Gasteiger partial charge in [-0.2, -0.15) is 0 Å². The summed E-state index contributed by atoms with van der Waals surface area (Å²) in [5.41, 5.74) is 4.80. The second-order valence-electron chi connectivity index (χ2n) is 2.06. The van der Waals surface area contributed by atoms with Crippen LogP contribution in [0.25, 0.3) is 0 Å². The van der Waals surface area contributed by atoms with Crippen molar-refractivity contribution in [1.29, 1.82) is 5.41 Å². The minimum atomic E-state index is -0.507. The monoisotopic (exact) mass is 128 g/mol. The Labute approximate surface area is 52.5 Å². The average molecular weight is 128 g/mol. The lowest BCUT2D eigenvalue weighted by Gasteiger charge is -1.96. The van der Waals surface area contributed by atoms with Gasteiger partial charge in [0.25, 0.3) is 6.02 Å². The highest BCUT2D eigenvalue weighted by Gasteiger charge is 2.31. The molecular formula is C5H8N2O2. The molecule has 1 fully saturated rings. The van der Waals surface area contributed by atoms with E-state index in [1.54, 1.807) is 0 Å². The Balaban J connectivity index is 2.26. The highest BCUT2D eigenvalue weighted by molar-refractivity contribution is 5.87. The van der Waals surface area contributed by atoms with Gasteiger partial charge in [0, 0.05) is 0 Å². The summed E-state index contributed by atoms with van der Waals surface area (Å²) in [6.07, 6.45) is 1.76. The second-order valence-corrected chi connectivity index (χ2v) is 2.06. The number of ether oxygens (including phenoxy) is 1. The summed E-state index contributed by atoms with van der Waals surface area (Å²) in [5, 5.41) is 6.58. The van der Waals surface area contributed by atoms with Gasteiger partial charge in [-0.1, -0.05) is 0 Å². The predicted molar refractivity (Wildman–Crippen MR) is 30.7 cm³/mol. The van der Waals surface area contributed by atoms with Crippen LogP contribution in [0.2, 0.25) is 0 Å². The molecule has 0 spiro atoms. The van der Waals surface area contributed by atoms with Crippen LogP contribution in [0.5, 0.6) is 0 Å². The number of esters is 1. The van der Waals surface area contributed by atoms with Gasteiger partial charge in [0.2, 0.25) is 0 Å².